The summed E-state index contributed by atoms with van der Waals surface area (Å²) in [6.07, 6.45) is 5.44. The highest BCUT2D eigenvalue weighted by Gasteiger charge is 2.21. The van der Waals surface area contributed by atoms with Crippen LogP contribution in [0.4, 0.5) is 0 Å². The molecule has 2 fully saturated rings. The minimum atomic E-state index is 0.730. The Bertz CT molecular complexity index is 201. The molecule has 0 aromatic rings. The van der Waals surface area contributed by atoms with Crippen molar-refractivity contribution in [1.82, 2.24) is 15.1 Å². The molecule has 0 bridgehead atoms. The van der Waals surface area contributed by atoms with Crippen LogP contribution in [0.25, 0.3) is 0 Å². The highest BCUT2D eigenvalue weighted by molar-refractivity contribution is 4.79. The van der Waals surface area contributed by atoms with Gasteiger partial charge in [-0.2, -0.15) is 0 Å². The quantitative estimate of drug-likeness (QED) is 0.777. The Morgan fingerprint density at radius 3 is 2.88 bits per heavy atom. The lowest BCUT2D eigenvalue weighted by Crippen LogP contribution is -2.40. The molecule has 0 amide bonds. The van der Waals surface area contributed by atoms with E-state index in [1.807, 2.05) is 0 Å². The lowest BCUT2D eigenvalue weighted by molar-refractivity contribution is 0.194. The van der Waals surface area contributed by atoms with Gasteiger partial charge in [0, 0.05) is 18.6 Å². The first-order valence-corrected chi connectivity index (χ1v) is 6.91. The number of likely N-dealkylation sites (N-methyl/N-ethyl adjacent to an activating group) is 1. The van der Waals surface area contributed by atoms with Gasteiger partial charge in [0.15, 0.2) is 0 Å². The smallest absolute Gasteiger partial charge is 0.0194 e. The maximum absolute atomic E-state index is 3.60. The molecule has 0 aliphatic carbocycles. The molecule has 0 saturated carbocycles. The van der Waals surface area contributed by atoms with Gasteiger partial charge in [0.25, 0.3) is 0 Å². The van der Waals surface area contributed by atoms with E-state index in [4.69, 9.17) is 0 Å². The Kier molecular flexibility index (Phi) is 4.62. The summed E-state index contributed by atoms with van der Waals surface area (Å²) in [4.78, 5) is 5.15. The first-order valence-electron chi connectivity index (χ1n) is 6.91. The molecule has 2 aliphatic heterocycles. The van der Waals surface area contributed by atoms with Crippen molar-refractivity contribution >= 4 is 0 Å². The third-order valence-corrected chi connectivity index (χ3v) is 4.11. The summed E-state index contributed by atoms with van der Waals surface area (Å²) in [5.41, 5.74) is 0. The monoisotopic (exact) mass is 225 g/mol. The second-order valence-corrected chi connectivity index (χ2v) is 5.58. The summed E-state index contributed by atoms with van der Waals surface area (Å²) in [6.45, 7) is 8.69. The Labute approximate surface area is 100 Å². The molecule has 2 unspecified atom stereocenters. The Morgan fingerprint density at radius 2 is 2.12 bits per heavy atom. The molecule has 0 aromatic carbocycles. The number of rotatable bonds is 3. The Balaban J connectivity index is 1.74. The number of nitrogens with zero attached hydrogens (tertiary/aromatic N) is 2. The van der Waals surface area contributed by atoms with Gasteiger partial charge in [0.1, 0.15) is 0 Å². The molecule has 16 heavy (non-hydrogen) atoms. The SMILES string of the molecule is CC1CN(C)CCCN1CCC1CCCN1. The van der Waals surface area contributed by atoms with Gasteiger partial charge in [-0.3, -0.25) is 4.90 Å². The van der Waals surface area contributed by atoms with Crippen molar-refractivity contribution in [2.75, 3.05) is 39.8 Å². The van der Waals surface area contributed by atoms with Crippen LogP contribution in [0.2, 0.25) is 0 Å². The first kappa shape index (κ1) is 12.3. The van der Waals surface area contributed by atoms with Gasteiger partial charge < -0.3 is 10.2 Å². The van der Waals surface area contributed by atoms with Crippen molar-refractivity contribution in [2.45, 2.75) is 44.7 Å². The van der Waals surface area contributed by atoms with Crippen LogP contribution in [-0.4, -0.2) is 61.7 Å². The lowest BCUT2D eigenvalue weighted by Gasteiger charge is -2.28. The summed E-state index contributed by atoms with van der Waals surface area (Å²) >= 11 is 0. The molecular weight excluding hydrogens is 198 g/mol. The summed E-state index contributed by atoms with van der Waals surface area (Å²) in [6, 6.07) is 1.53. The second kappa shape index (κ2) is 5.99. The lowest BCUT2D eigenvalue weighted by atomic mass is 10.1. The normalized spacial score (nSPS) is 34.1. The third-order valence-electron chi connectivity index (χ3n) is 4.11. The second-order valence-electron chi connectivity index (χ2n) is 5.58. The van der Waals surface area contributed by atoms with E-state index in [1.165, 1.54) is 58.4 Å². The summed E-state index contributed by atoms with van der Waals surface area (Å²) in [7, 11) is 2.25. The van der Waals surface area contributed by atoms with E-state index in [0.717, 1.165) is 12.1 Å². The van der Waals surface area contributed by atoms with Crippen molar-refractivity contribution < 1.29 is 0 Å². The van der Waals surface area contributed by atoms with Crippen molar-refractivity contribution in [3.8, 4) is 0 Å². The molecule has 3 heteroatoms. The molecule has 2 heterocycles. The number of hydrogen-bond donors (Lipinski definition) is 1. The molecule has 0 radical (unpaired) electrons. The first-order chi connectivity index (χ1) is 7.75. The number of hydrogen-bond acceptors (Lipinski definition) is 3. The van der Waals surface area contributed by atoms with E-state index in [-0.39, 0.29) is 0 Å². The van der Waals surface area contributed by atoms with Gasteiger partial charge in [0.05, 0.1) is 0 Å². The Hall–Kier alpha value is -0.120. The van der Waals surface area contributed by atoms with Crippen LogP contribution < -0.4 is 5.32 Å². The van der Waals surface area contributed by atoms with Gasteiger partial charge in [-0.05, 0) is 65.8 Å². The van der Waals surface area contributed by atoms with Gasteiger partial charge in [-0.25, -0.2) is 0 Å². The van der Waals surface area contributed by atoms with Gasteiger partial charge in [0.2, 0.25) is 0 Å². The van der Waals surface area contributed by atoms with E-state index < -0.39 is 0 Å². The fourth-order valence-electron chi connectivity index (χ4n) is 3.08. The zero-order chi connectivity index (χ0) is 11.4. The molecule has 0 aromatic heterocycles. The molecule has 2 saturated heterocycles. The van der Waals surface area contributed by atoms with E-state index in [2.05, 4.69) is 29.1 Å². The number of nitrogens with one attached hydrogen (secondary N) is 1. The topological polar surface area (TPSA) is 18.5 Å². The van der Waals surface area contributed by atoms with Crippen LogP contribution in [-0.2, 0) is 0 Å². The molecule has 0 spiro atoms. The molecule has 1 N–H and O–H groups in total. The fourth-order valence-corrected chi connectivity index (χ4v) is 3.08. The van der Waals surface area contributed by atoms with Crippen LogP contribution in [0.1, 0.15) is 32.6 Å². The predicted molar refractivity (Wildman–Crippen MR) is 68.8 cm³/mol. The van der Waals surface area contributed by atoms with Crippen molar-refractivity contribution in [2.24, 2.45) is 0 Å². The molecular formula is C13H27N3. The highest BCUT2D eigenvalue weighted by Crippen LogP contribution is 2.13. The van der Waals surface area contributed by atoms with Crippen LogP contribution >= 0.6 is 0 Å². The summed E-state index contributed by atoms with van der Waals surface area (Å²) in [5.74, 6) is 0. The van der Waals surface area contributed by atoms with E-state index in [1.54, 1.807) is 0 Å². The van der Waals surface area contributed by atoms with Gasteiger partial charge in [-0.1, -0.05) is 0 Å². The van der Waals surface area contributed by atoms with Crippen LogP contribution in [0.5, 0.6) is 0 Å². The van der Waals surface area contributed by atoms with Crippen LogP contribution in [0.3, 0.4) is 0 Å². The average Bonchev–Trinajstić information content (AvgIpc) is 2.70. The maximum atomic E-state index is 3.60. The van der Waals surface area contributed by atoms with Crippen LogP contribution in [0, 0.1) is 0 Å². The standard InChI is InChI=1S/C13H27N3/c1-12-11-15(2)8-4-9-16(12)10-6-13-5-3-7-14-13/h12-14H,3-11H2,1-2H3. The molecule has 2 atom stereocenters. The van der Waals surface area contributed by atoms with E-state index in [9.17, 15) is 0 Å². The van der Waals surface area contributed by atoms with Gasteiger partial charge in [-0.15, -0.1) is 0 Å². The average molecular weight is 225 g/mol. The van der Waals surface area contributed by atoms with E-state index >= 15 is 0 Å². The van der Waals surface area contributed by atoms with Crippen molar-refractivity contribution in [3.05, 3.63) is 0 Å². The fraction of sp³-hybridized carbons (Fsp3) is 1.00. The third kappa shape index (κ3) is 3.44. The summed E-state index contributed by atoms with van der Waals surface area (Å²) in [5, 5.41) is 3.60. The molecule has 2 aliphatic rings. The predicted octanol–water partition coefficient (Wildman–Crippen LogP) is 1.15. The molecule has 94 valence electrons. The maximum Gasteiger partial charge on any atom is 0.0194 e. The zero-order valence-corrected chi connectivity index (χ0v) is 10.9. The van der Waals surface area contributed by atoms with Crippen LogP contribution in [0.15, 0.2) is 0 Å². The largest absolute Gasteiger partial charge is 0.314 e. The molecule has 2 rings (SSSR count). The zero-order valence-electron chi connectivity index (χ0n) is 10.9. The van der Waals surface area contributed by atoms with E-state index in [0.29, 0.717) is 0 Å². The Morgan fingerprint density at radius 1 is 1.25 bits per heavy atom. The summed E-state index contributed by atoms with van der Waals surface area (Å²) < 4.78 is 0. The minimum absolute atomic E-state index is 0.730. The minimum Gasteiger partial charge on any atom is -0.314 e. The van der Waals surface area contributed by atoms with Crippen molar-refractivity contribution in [3.63, 3.8) is 0 Å². The highest BCUT2D eigenvalue weighted by atomic mass is 15.2. The molecule has 3 nitrogen and oxygen atoms in total. The van der Waals surface area contributed by atoms with Gasteiger partial charge >= 0.3 is 0 Å². The van der Waals surface area contributed by atoms with Crippen molar-refractivity contribution in [1.29, 1.82) is 0 Å².